The molecule has 0 atom stereocenters. The van der Waals surface area contributed by atoms with Crippen LogP contribution in [0.25, 0.3) is 17.4 Å². The van der Waals surface area contributed by atoms with Crippen molar-refractivity contribution in [2.75, 3.05) is 26.9 Å². The smallest absolute Gasteiger partial charge is 0.338 e. The van der Waals surface area contributed by atoms with E-state index in [2.05, 4.69) is 0 Å². The summed E-state index contributed by atoms with van der Waals surface area (Å²) in [6, 6.07) is 12.1. The van der Waals surface area contributed by atoms with Crippen LogP contribution in [-0.4, -0.2) is 49.6 Å². The van der Waals surface area contributed by atoms with E-state index in [4.69, 9.17) is 13.9 Å². The highest BCUT2D eigenvalue weighted by atomic mass is 16.5. The first-order valence-corrected chi connectivity index (χ1v) is 9.96. The number of amides is 2. The van der Waals surface area contributed by atoms with E-state index in [-0.39, 0.29) is 24.3 Å². The lowest BCUT2D eigenvalue weighted by Gasteiger charge is -2.26. The normalized spacial score (nSPS) is 15.3. The molecule has 0 fully saturated rings. The number of benzene rings is 1. The van der Waals surface area contributed by atoms with Crippen molar-refractivity contribution in [3.05, 3.63) is 64.4 Å². The van der Waals surface area contributed by atoms with Gasteiger partial charge >= 0.3 is 5.97 Å². The zero-order valence-electron chi connectivity index (χ0n) is 18.0. The molecule has 8 nitrogen and oxygen atoms in total. The number of rotatable bonds is 7. The Morgan fingerprint density at radius 2 is 1.88 bits per heavy atom. The average molecular weight is 434 g/mol. The molecule has 2 aromatic rings. The van der Waals surface area contributed by atoms with Gasteiger partial charge in [-0.15, -0.1) is 0 Å². The van der Waals surface area contributed by atoms with Crippen LogP contribution in [0.1, 0.15) is 30.0 Å². The number of hydrogen-bond acceptors (Lipinski definition) is 7. The minimum Gasteiger partial charge on any atom is -0.462 e. The minimum absolute atomic E-state index is 0.0419. The molecule has 1 aliphatic rings. The van der Waals surface area contributed by atoms with Crippen molar-refractivity contribution in [3.63, 3.8) is 0 Å². The molecule has 0 radical (unpaired) electrons. The fourth-order valence-electron chi connectivity index (χ4n) is 3.23. The zero-order valence-corrected chi connectivity index (χ0v) is 18.0. The molecular weight excluding hydrogens is 412 g/mol. The van der Waals surface area contributed by atoms with E-state index in [9.17, 15) is 19.6 Å². The van der Waals surface area contributed by atoms with Crippen molar-refractivity contribution in [1.82, 2.24) is 4.90 Å². The molecule has 1 aromatic carbocycles. The number of nitriles is 1. The number of furan rings is 1. The largest absolute Gasteiger partial charge is 0.462 e. The maximum Gasteiger partial charge on any atom is 0.338 e. The number of nitrogens with zero attached hydrogens (tertiary/aromatic N) is 2. The number of hydrogen-bond donors (Lipinski definition) is 0. The van der Waals surface area contributed by atoms with Crippen molar-refractivity contribution in [3.8, 4) is 17.4 Å². The highest BCUT2D eigenvalue weighted by molar-refractivity contribution is 6.19. The Balaban J connectivity index is 1.91. The van der Waals surface area contributed by atoms with Crippen LogP contribution in [0.3, 0.4) is 0 Å². The number of carbonyl (C=O) groups excluding carboxylic acids is 3. The van der Waals surface area contributed by atoms with Crippen LogP contribution in [0.4, 0.5) is 0 Å². The fourth-order valence-corrected chi connectivity index (χ4v) is 3.23. The third-order valence-corrected chi connectivity index (χ3v) is 4.94. The number of methoxy groups -OCH3 is 1. The molecule has 0 unspecified atom stereocenters. The van der Waals surface area contributed by atoms with Gasteiger partial charge in [-0.2, -0.15) is 5.26 Å². The first kappa shape index (κ1) is 22.7. The fraction of sp³-hybridized carbons (Fsp3) is 0.250. The van der Waals surface area contributed by atoms with Gasteiger partial charge in [0.05, 0.1) is 25.3 Å². The molecule has 2 amide bonds. The summed E-state index contributed by atoms with van der Waals surface area (Å²) in [5.41, 5.74) is 1.58. The van der Waals surface area contributed by atoms with Crippen LogP contribution in [-0.2, 0) is 19.1 Å². The SMILES string of the molecule is CCOC(=O)c1ccc(-c2ccc(/C=C3/C(=O)N(CCOC)C(=O)C(C#N)=C3C)o2)cc1. The molecule has 164 valence electrons. The summed E-state index contributed by atoms with van der Waals surface area (Å²) < 4.78 is 15.8. The van der Waals surface area contributed by atoms with Gasteiger partial charge < -0.3 is 13.9 Å². The van der Waals surface area contributed by atoms with E-state index < -0.39 is 17.8 Å². The minimum atomic E-state index is -0.633. The third kappa shape index (κ3) is 4.53. The van der Waals surface area contributed by atoms with Crippen molar-refractivity contribution in [2.24, 2.45) is 0 Å². The Labute approximate surface area is 185 Å². The van der Waals surface area contributed by atoms with Crippen LogP contribution in [0.15, 0.2) is 57.5 Å². The van der Waals surface area contributed by atoms with Crippen LogP contribution < -0.4 is 0 Å². The first-order valence-electron chi connectivity index (χ1n) is 9.96. The number of esters is 1. The van der Waals surface area contributed by atoms with E-state index in [1.54, 1.807) is 50.2 Å². The summed E-state index contributed by atoms with van der Waals surface area (Å²) in [6.07, 6.45) is 1.51. The molecule has 0 spiro atoms. The topological polar surface area (TPSA) is 110 Å². The lowest BCUT2D eigenvalue weighted by Crippen LogP contribution is -2.44. The van der Waals surface area contributed by atoms with Gasteiger partial charge in [-0.25, -0.2) is 4.79 Å². The van der Waals surface area contributed by atoms with Gasteiger partial charge in [-0.1, -0.05) is 12.1 Å². The van der Waals surface area contributed by atoms with Crippen molar-refractivity contribution in [1.29, 1.82) is 5.26 Å². The summed E-state index contributed by atoms with van der Waals surface area (Å²) in [5, 5.41) is 9.41. The van der Waals surface area contributed by atoms with E-state index in [1.165, 1.54) is 13.2 Å². The third-order valence-electron chi connectivity index (χ3n) is 4.94. The Bertz CT molecular complexity index is 1150. The molecule has 1 aliphatic heterocycles. The molecule has 0 N–H and O–H groups in total. The summed E-state index contributed by atoms with van der Waals surface area (Å²) in [7, 11) is 1.46. The lowest BCUT2D eigenvalue weighted by molar-refractivity contribution is -0.141. The predicted molar refractivity (Wildman–Crippen MR) is 115 cm³/mol. The molecule has 3 rings (SSSR count). The van der Waals surface area contributed by atoms with Crippen LogP contribution >= 0.6 is 0 Å². The van der Waals surface area contributed by atoms with Gasteiger partial charge in [-0.05, 0) is 49.8 Å². The summed E-state index contributed by atoms with van der Waals surface area (Å²) in [4.78, 5) is 38.2. The maximum atomic E-state index is 12.9. The van der Waals surface area contributed by atoms with Crippen LogP contribution in [0.5, 0.6) is 0 Å². The van der Waals surface area contributed by atoms with Crippen LogP contribution in [0.2, 0.25) is 0 Å². The van der Waals surface area contributed by atoms with Gasteiger partial charge in [0.15, 0.2) is 0 Å². The molecule has 0 saturated heterocycles. The summed E-state index contributed by atoms with van der Waals surface area (Å²) >= 11 is 0. The molecule has 1 aromatic heterocycles. The Kier molecular flexibility index (Phi) is 7.03. The van der Waals surface area contributed by atoms with E-state index in [1.807, 2.05) is 6.07 Å². The van der Waals surface area contributed by atoms with Crippen molar-refractivity contribution >= 4 is 23.9 Å². The van der Waals surface area contributed by atoms with Crippen molar-refractivity contribution in [2.45, 2.75) is 13.8 Å². The summed E-state index contributed by atoms with van der Waals surface area (Å²) in [6.45, 7) is 3.80. The number of imide groups is 1. The standard InChI is InChI=1S/C24H22N2O6/c1-4-31-24(29)17-7-5-16(6-8-17)21-10-9-18(32-21)13-19-15(2)20(14-25)23(28)26(22(19)27)11-12-30-3/h5-10,13H,4,11-12H2,1-3H3/b19-13+. The predicted octanol–water partition coefficient (Wildman–Crippen LogP) is 3.36. The van der Waals surface area contributed by atoms with E-state index in [0.717, 1.165) is 10.5 Å². The van der Waals surface area contributed by atoms with Gasteiger partial charge in [0, 0.05) is 18.2 Å². The second kappa shape index (κ2) is 9.90. The second-order valence-electron chi connectivity index (χ2n) is 6.92. The van der Waals surface area contributed by atoms with Crippen LogP contribution in [0, 0.1) is 11.3 Å². The average Bonchev–Trinajstić information content (AvgIpc) is 3.26. The first-order chi connectivity index (χ1) is 15.4. The quantitative estimate of drug-likeness (QED) is 0.373. The molecule has 0 aliphatic carbocycles. The van der Waals surface area contributed by atoms with Gasteiger partial charge in [0.25, 0.3) is 11.8 Å². The van der Waals surface area contributed by atoms with Gasteiger partial charge in [0.2, 0.25) is 0 Å². The molecule has 0 saturated carbocycles. The highest BCUT2D eigenvalue weighted by Gasteiger charge is 2.35. The molecule has 2 heterocycles. The summed E-state index contributed by atoms with van der Waals surface area (Å²) in [5.74, 6) is -0.630. The van der Waals surface area contributed by atoms with Crippen molar-refractivity contribution < 1.29 is 28.3 Å². The Hall–Kier alpha value is -3.96. The van der Waals surface area contributed by atoms with E-state index >= 15 is 0 Å². The van der Waals surface area contributed by atoms with Gasteiger partial charge in [0.1, 0.15) is 23.2 Å². The lowest BCUT2D eigenvalue weighted by atomic mass is 9.95. The molecule has 32 heavy (non-hydrogen) atoms. The van der Waals surface area contributed by atoms with Gasteiger partial charge in [-0.3, -0.25) is 14.5 Å². The Morgan fingerprint density at radius 1 is 1.16 bits per heavy atom. The monoisotopic (exact) mass is 434 g/mol. The zero-order chi connectivity index (χ0) is 23.3. The van der Waals surface area contributed by atoms with E-state index in [0.29, 0.717) is 29.3 Å². The Morgan fingerprint density at radius 3 is 2.50 bits per heavy atom. The number of ether oxygens (including phenoxy) is 2. The molecule has 8 heteroatoms. The molecular formula is C24H22N2O6. The maximum absolute atomic E-state index is 12.9. The highest BCUT2D eigenvalue weighted by Crippen LogP contribution is 2.29. The molecule has 0 bridgehead atoms. The second-order valence-corrected chi connectivity index (χ2v) is 6.92. The number of carbonyl (C=O) groups is 3.